The highest BCUT2D eigenvalue weighted by Crippen LogP contribution is 2.23. The van der Waals surface area contributed by atoms with Gasteiger partial charge in [-0.15, -0.1) is 24.8 Å². The Balaban J connectivity index is 0.00000242. The molecule has 1 aliphatic rings. The maximum atomic E-state index is 12.5. The van der Waals surface area contributed by atoms with Crippen LogP contribution in [-0.4, -0.2) is 46.5 Å². The summed E-state index contributed by atoms with van der Waals surface area (Å²) >= 11 is 0. The summed E-state index contributed by atoms with van der Waals surface area (Å²) in [6, 6.07) is 7.03. The van der Waals surface area contributed by atoms with E-state index < -0.39 is 9.84 Å². The number of ether oxygens (including phenoxy) is 1. The Morgan fingerprint density at radius 3 is 2.35 bits per heavy atom. The van der Waals surface area contributed by atoms with Crippen molar-refractivity contribution in [3.8, 4) is 0 Å². The van der Waals surface area contributed by atoms with E-state index in [1.165, 1.54) is 0 Å². The molecule has 0 radical (unpaired) electrons. The van der Waals surface area contributed by atoms with Crippen LogP contribution in [-0.2, 0) is 14.6 Å². The van der Waals surface area contributed by atoms with Crippen LogP contribution in [0.3, 0.4) is 0 Å². The second-order valence-corrected chi connectivity index (χ2v) is 7.37. The lowest BCUT2D eigenvalue weighted by Gasteiger charge is -2.22. The predicted molar refractivity (Wildman–Crippen MR) is 99.0 cm³/mol. The number of anilines is 1. The first-order chi connectivity index (χ1) is 10.1. The summed E-state index contributed by atoms with van der Waals surface area (Å²) in [7, 11) is -3.20. The van der Waals surface area contributed by atoms with Crippen LogP contribution in [0.5, 0.6) is 0 Å². The molecular formula is C15H26Cl2N2O3S. The maximum Gasteiger partial charge on any atom is 0.181 e. The summed E-state index contributed by atoms with van der Waals surface area (Å²) in [6.07, 6.45) is 1.38. The Hall–Kier alpha value is -0.530. The molecule has 0 bridgehead atoms. The van der Waals surface area contributed by atoms with Crippen LogP contribution >= 0.6 is 24.8 Å². The molecule has 134 valence electrons. The number of piperidine rings is 1. The molecule has 0 aliphatic carbocycles. The van der Waals surface area contributed by atoms with E-state index in [0.717, 1.165) is 18.8 Å². The third kappa shape index (κ3) is 6.47. The van der Waals surface area contributed by atoms with Gasteiger partial charge in [-0.05, 0) is 57.1 Å². The third-order valence-corrected chi connectivity index (χ3v) is 5.97. The zero-order chi connectivity index (χ0) is 15.1. The summed E-state index contributed by atoms with van der Waals surface area (Å²) in [5.41, 5.74) is 0.916. The molecule has 0 amide bonds. The molecule has 0 atom stereocenters. The Morgan fingerprint density at radius 2 is 1.78 bits per heavy atom. The van der Waals surface area contributed by atoms with Gasteiger partial charge in [0, 0.05) is 18.8 Å². The number of rotatable bonds is 7. The molecule has 23 heavy (non-hydrogen) atoms. The van der Waals surface area contributed by atoms with Crippen molar-refractivity contribution in [2.24, 2.45) is 0 Å². The van der Waals surface area contributed by atoms with Gasteiger partial charge in [0.2, 0.25) is 0 Å². The lowest BCUT2D eigenvalue weighted by Crippen LogP contribution is -2.35. The highest BCUT2D eigenvalue weighted by molar-refractivity contribution is 7.92. The fourth-order valence-corrected chi connectivity index (χ4v) is 4.23. The Bertz CT molecular complexity index is 532. The molecule has 2 rings (SSSR count). The van der Waals surface area contributed by atoms with Crippen LogP contribution in [0.1, 0.15) is 19.8 Å². The Kier molecular flexibility index (Phi) is 10.8. The molecule has 0 saturated carbocycles. The molecular weight excluding hydrogens is 359 g/mol. The first-order valence-corrected chi connectivity index (χ1v) is 9.05. The molecule has 1 aromatic rings. The van der Waals surface area contributed by atoms with Crippen LogP contribution in [0.25, 0.3) is 0 Å². The lowest BCUT2D eigenvalue weighted by molar-refractivity contribution is 0.158. The van der Waals surface area contributed by atoms with Crippen LogP contribution in [0.15, 0.2) is 29.2 Å². The fraction of sp³-hybridized carbons (Fsp3) is 0.600. The third-order valence-electron chi connectivity index (χ3n) is 3.69. The van der Waals surface area contributed by atoms with E-state index in [4.69, 9.17) is 4.74 Å². The zero-order valence-electron chi connectivity index (χ0n) is 13.3. The number of sulfone groups is 1. The van der Waals surface area contributed by atoms with Crippen molar-refractivity contribution in [2.45, 2.75) is 29.9 Å². The molecule has 8 heteroatoms. The molecule has 2 N–H and O–H groups in total. The first-order valence-electron chi connectivity index (χ1n) is 7.51. The number of hydrogen-bond acceptors (Lipinski definition) is 5. The number of hydrogen-bond donors (Lipinski definition) is 2. The van der Waals surface area contributed by atoms with E-state index in [0.29, 0.717) is 37.5 Å². The van der Waals surface area contributed by atoms with Gasteiger partial charge in [-0.1, -0.05) is 0 Å². The quantitative estimate of drug-likeness (QED) is 0.706. The summed E-state index contributed by atoms with van der Waals surface area (Å²) in [5, 5.41) is 6.15. The van der Waals surface area contributed by atoms with E-state index in [2.05, 4.69) is 10.6 Å². The van der Waals surface area contributed by atoms with Gasteiger partial charge in [-0.3, -0.25) is 0 Å². The van der Waals surface area contributed by atoms with E-state index in [-0.39, 0.29) is 30.1 Å². The van der Waals surface area contributed by atoms with Gasteiger partial charge < -0.3 is 15.4 Å². The molecule has 1 fully saturated rings. The molecule has 1 heterocycles. The zero-order valence-corrected chi connectivity index (χ0v) is 15.7. The minimum atomic E-state index is -3.20. The first kappa shape index (κ1) is 22.5. The number of halogens is 2. The average Bonchev–Trinajstić information content (AvgIpc) is 2.53. The van der Waals surface area contributed by atoms with Gasteiger partial charge >= 0.3 is 0 Å². The second-order valence-electron chi connectivity index (χ2n) is 5.14. The Morgan fingerprint density at radius 1 is 1.17 bits per heavy atom. The van der Waals surface area contributed by atoms with Crippen LogP contribution in [0.4, 0.5) is 5.69 Å². The smallest absolute Gasteiger partial charge is 0.181 e. The van der Waals surface area contributed by atoms with Crippen LogP contribution in [0, 0.1) is 0 Å². The van der Waals surface area contributed by atoms with Gasteiger partial charge in [0.1, 0.15) is 0 Å². The summed E-state index contributed by atoms with van der Waals surface area (Å²) < 4.78 is 30.3. The Labute approximate surface area is 151 Å². The fourth-order valence-electron chi connectivity index (χ4n) is 2.47. The van der Waals surface area contributed by atoms with Crippen molar-refractivity contribution in [1.29, 1.82) is 0 Å². The topological polar surface area (TPSA) is 67.4 Å². The molecule has 0 unspecified atom stereocenters. The van der Waals surface area contributed by atoms with Crippen LogP contribution in [0.2, 0.25) is 0 Å². The van der Waals surface area contributed by atoms with Crippen molar-refractivity contribution >= 4 is 40.3 Å². The lowest BCUT2D eigenvalue weighted by atomic mass is 10.2. The highest BCUT2D eigenvalue weighted by Gasteiger charge is 2.28. The molecule has 0 spiro atoms. The van der Waals surface area contributed by atoms with Gasteiger partial charge in [0.05, 0.1) is 16.8 Å². The number of benzene rings is 1. The van der Waals surface area contributed by atoms with Gasteiger partial charge in [0.25, 0.3) is 0 Å². The van der Waals surface area contributed by atoms with Crippen molar-refractivity contribution in [2.75, 3.05) is 38.2 Å². The average molecular weight is 385 g/mol. The van der Waals surface area contributed by atoms with E-state index in [9.17, 15) is 8.42 Å². The molecule has 0 aromatic heterocycles. The molecule has 1 aliphatic heterocycles. The monoisotopic (exact) mass is 384 g/mol. The summed E-state index contributed by atoms with van der Waals surface area (Å²) in [5.74, 6) is 0. The SMILES string of the molecule is CCOCCNc1ccc(S(=O)(=O)C2CCNCC2)cc1.Cl.Cl. The minimum Gasteiger partial charge on any atom is -0.383 e. The van der Waals surface area contributed by atoms with E-state index >= 15 is 0 Å². The van der Waals surface area contributed by atoms with E-state index in [1.54, 1.807) is 12.1 Å². The highest BCUT2D eigenvalue weighted by atomic mass is 35.5. The molecule has 5 nitrogen and oxygen atoms in total. The van der Waals surface area contributed by atoms with Gasteiger partial charge in [0.15, 0.2) is 9.84 Å². The number of nitrogens with one attached hydrogen (secondary N) is 2. The normalized spacial score (nSPS) is 15.3. The van der Waals surface area contributed by atoms with Gasteiger partial charge in [-0.2, -0.15) is 0 Å². The standard InChI is InChI=1S/C15H24N2O3S.2ClH/c1-2-20-12-11-17-13-3-5-14(6-4-13)21(18,19)15-7-9-16-10-8-15;;/h3-6,15-17H,2,7-12H2,1H3;2*1H. The second kappa shape index (κ2) is 11.1. The van der Waals surface area contributed by atoms with Crippen molar-refractivity contribution < 1.29 is 13.2 Å². The van der Waals surface area contributed by atoms with Crippen molar-refractivity contribution in [3.63, 3.8) is 0 Å². The summed E-state index contributed by atoms with van der Waals surface area (Å²) in [6.45, 7) is 5.58. The maximum absolute atomic E-state index is 12.5. The minimum absolute atomic E-state index is 0. The van der Waals surface area contributed by atoms with E-state index in [1.807, 2.05) is 19.1 Å². The molecule has 1 saturated heterocycles. The van der Waals surface area contributed by atoms with Crippen molar-refractivity contribution in [3.05, 3.63) is 24.3 Å². The summed E-state index contributed by atoms with van der Waals surface area (Å²) in [4.78, 5) is 0.421. The van der Waals surface area contributed by atoms with Crippen LogP contribution < -0.4 is 10.6 Å². The molecule has 1 aromatic carbocycles. The van der Waals surface area contributed by atoms with Crippen molar-refractivity contribution in [1.82, 2.24) is 5.32 Å². The van der Waals surface area contributed by atoms with Gasteiger partial charge in [-0.25, -0.2) is 8.42 Å². The predicted octanol–water partition coefficient (Wildman–Crippen LogP) is 2.50. The largest absolute Gasteiger partial charge is 0.383 e.